The van der Waals surface area contributed by atoms with Crippen LogP contribution in [0.4, 0.5) is 0 Å². The first kappa shape index (κ1) is 31.7. The maximum absolute atomic E-state index is 13.3. The number of aromatic hydroxyl groups is 7. The minimum absolute atomic E-state index is 0.110. The first-order valence-corrected chi connectivity index (χ1v) is 14.6. The Kier molecular flexibility index (Phi) is 7.77. The van der Waals surface area contributed by atoms with Crippen molar-refractivity contribution >= 4 is 5.97 Å². The van der Waals surface area contributed by atoms with Gasteiger partial charge in [-0.25, -0.2) is 4.79 Å². The summed E-state index contributed by atoms with van der Waals surface area (Å²) in [6.07, 6.45) is -1.34. The molecule has 0 saturated heterocycles. The SMILES string of the molecule is C[C@@H]1c2c(cc(O)c3c2O[C@H](c2cc(O)c(O)c(O)c2)[C@H](OC(=O)c2cc(O)c(O)c(O)c2)C3)OC(C)(C)CC[C@H]1C(C)(C)O. The molecule has 0 saturated carbocycles. The van der Waals surface area contributed by atoms with Crippen LogP contribution >= 0.6 is 0 Å². The molecule has 5 rings (SSSR count). The highest BCUT2D eigenvalue weighted by Crippen LogP contribution is 2.54. The van der Waals surface area contributed by atoms with Crippen LogP contribution in [-0.2, 0) is 11.2 Å². The maximum Gasteiger partial charge on any atom is 0.338 e. The minimum Gasteiger partial charge on any atom is -0.507 e. The van der Waals surface area contributed by atoms with Gasteiger partial charge in [0, 0.05) is 29.2 Å². The van der Waals surface area contributed by atoms with Crippen molar-refractivity contribution in [3.05, 3.63) is 52.6 Å². The van der Waals surface area contributed by atoms with Gasteiger partial charge in [-0.3, -0.25) is 0 Å². The normalized spacial score (nSPS) is 22.5. The Balaban J connectivity index is 1.67. The molecule has 0 amide bonds. The van der Waals surface area contributed by atoms with E-state index in [2.05, 4.69) is 0 Å². The van der Waals surface area contributed by atoms with Gasteiger partial charge in [-0.2, -0.15) is 0 Å². The number of rotatable bonds is 4. The highest BCUT2D eigenvalue weighted by atomic mass is 16.6. The lowest BCUT2D eigenvalue weighted by molar-refractivity contribution is -0.0258. The zero-order valence-corrected chi connectivity index (χ0v) is 25.5. The second-order valence-corrected chi connectivity index (χ2v) is 13.0. The molecule has 12 nitrogen and oxygen atoms in total. The molecule has 0 unspecified atom stereocenters. The average Bonchev–Trinajstić information content (AvgIpc) is 2.92. The Bertz CT molecular complexity index is 1610. The van der Waals surface area contributed by atoms with Gasteiger partial charge in [0.25, 0.3) is 0 Å². The van der Waals surface area contributed by atoms with Crippen LogP contribution in [0.5, 0.6) is 51.7 Å². The largest absolute Gasteiger partial charge is 0.507 e. The van der Waals surface area contributed by atoms with Crippen molar-refractivity contribution in [1.29, 1.82) is 0 Å². The molecule has 242 valence electrons. The number of carbonyl (C=O) groups excluding carboxylic acids is 1. The molecule has 0 aliphatic carbocycles. The first-order valence-electron chi connectivity index (χ1n) is 14.6. The van der Waals surface area contributed by atoms with Crippen LogP contribution in [0.25, 0.3) is 0 Å². The molecule has 45 heavy (non-hydrogen) atoms. The van der Waals surface area contributed by atoms with E-state index in [1.165, 1.54) is 6.07 Å². The zero-order valence-electron chi connectivity index (χ0n) is 25.5. The fourth-order valence-corrected chi connectivity index (χ4v) is 6.41. The standard InChI is InChI=1S/C33H38O12/c1-14-18(33(4,5)42)6-7-32(2,3)45-24-13-19(34)17-12-25(43-31(41)16-10-22(37)28(40)23(38)11-16)29(44-30(17)26(14)24)15-8-20(35)27(39)21(36)9-15/h8-11,13-14,18,25,29,34-40,42H,6-7,12H2,1-5H3/t14-,18+,25+,29+/m0/s1. The smallest absolute Gasteiger partial charge is 0.338 e. The maximum atomic E-state index is 13.3. The molecule has 0 spiro atoms. The predicted octanol–water partition coefficient (Wildman–Crippen LogP) is 4.97. The summed E-state index contributed by atoms with van der Waals surface area (Å²) in [5, 5.41) is 82.7. The summed E-state index contributed by atoms with van der Waals surface area (Å²) >= 11 is 0. The van der Waals surface area contributed by atoms with Gasteiger partial charge in [0.15, 0.2) is 40.6 Å². The number of aliphatic hydroxyl groups is 1. The van der Waals surface area contributed by atoms with Crippen LogP contribution in [0.3, 0.4) is 0 Å². The third-order valence-corrected chi connectivity index (χ3v) is 8.74. The number of benzene rings is 3. The van der Waals surface area contributed by atoms with E-state index < -0.39 is 63.9 Å². The highest BCUT2D eigenvalue weighted by molar-refractivity contribution is 5.91. The van der Waals surface area contributed by atoms with E-state index in [0.717, 1.165) is 24.3 Å². The van der Waals surface area contributed by atoms with E-state index in [4.69, 9.17) is 14.2 Å². The monoisotopic (exact) mass is 626 g/mol. The van der Waals surface area contributed by atoms with Crippen LogP contribution in [0, 0.1) is 5.92 Å². The molecule has 3 aromatic rings. The number of phenols is 7. The molecule has 0 fully saturated rings. The zero-order chi connectivity index (χ0) is 33.2. The number of carbonyl (C=O) groups is 1. The van der Waals surface area contributed by atoms with Crippen molar-refractivity contribution in [3.63, 3.8) is 0 Å². The van der Waals surface area contributed by atoms with Crippen LogP contribution in [-0.4, -0.2) is 64.1 Å². The van der Waals surface area contributed by atoms with Crippen LogP contribution in [0.2, 0.25) is 0 Å². The number of fused-ring (bicyclic) bond motifs is 3. The van der Waals surface area contributed by atoms with Crippen molar-refractivity contribution in [1.82, 2.24) is 0 Å². The molecule has 4 atom stereocenters. The summed E-state index contributed by atoms with van der Waals surface area (Å²) < 4.78 is 18.7. The van der Waals surface area contributed by atoms with Gasteiger partial charge >= 0.3 is 5.97 Å². The van der Waals surface area contributed by atoms with Gasteiger partial charge in [-0.05, 0) is 76.6 Å². The molecule has 3 aromatic carbocycles. The van der Waals surface area contributed by atoms with Crippen molar-refractivity contribution in [2.24, 2.45) is 5.92 Å². The van der Waals surface area contributed by atoms with Crippen molar-refractivity contribution in [2.45, 2.75) is 83.2 Å². The van der Waals surface area contributed by atoms with Crippen molar-refractivity contribution in [2.75, 3.05) is 0 Å². The lowest BCUT2D eigenvalue weighted by atomic mass is 9.72. The third kappa shape index (κ3) is 5.89. The van der Waals surface area contributed by atoms with Gasteiger partial charge in [0.2, 0.25) is 0 Å². The molecule has 8 N–H and O–H groups in total. The van der Waals surface area contributed by atoms with E-state index in [1.54, 1.807) is 13.8 Å². The molecule has 0 radical (unpaired) electrons. The van der Waals surface area contributed by atoms with Gasteiger partial charge < -0.3 is 55.1 Å². The van der Waals surface area contributed by atoms with Gasteiger partial charge in [-0.15, -0.1) is 0 Å². The predicted molar refractivity (Wildman–Crippen MR) is 159 cm³/mol. The Morgan fingerprint density at radius 1 is 0.889 bits per heavy atom. The van der Waals surface area contributed by atoms with Crippen LogP contribution in [0.15, 0.2) is 30.3 Å². The molecule has 2 aliphatic heterocycles. The summed E-state index contributed by atoms with van der Waals surface area (Å²) in [7, 11) is 0. The number of esters is 1. The molecular weight excluding hydrogens is 588 g/mol. The van der Waals surface area contributed by atoms with Crippen LogP contribution < -0.4 is 9.47 Å². The topological polar surface area (TPSA) is 207 Å². The summed E-state index contributed by atoms with van der Waals surface area (Å²) in [6.45, 7) is 9.20. The van der Waals surface area contributed by atoms with Crippen molar-refractivity contribution in [3.8, 4) is 51.7 Å². The Hall–Kier alpha value is -4.71. The van der Waals surface area contributed by atoms with Crippen LogP contribution in [0.1, 0.15) is 86.5 Å². The summed E-state index contributed by atoms with van der Waals surface area (Å²) in [5.41, 5.74) is -1.12. The number of ether oxygens (including phenoxy) is 3. The van der Waals surface area contributed by atoms with Gasteiger partial charge in [0.1, 0.15) is 29.0 Å². The van der Waals surface area contributed by atoms with E-state index in [0.29, 0.717) is 24.2 Å². The van der Waals surface area contributed by atoms with E-state index in [1.807, 2.05) is 20.8 Å². The number of hydrogen-bond donors (Lipinski definition) is 8. The summed E-state index contributed by atoms with van der Waals surface area (Å²) in [4.78, 5) is 13.3. The van der Waals surface area contributed by atoms with Gasteiger partial charge in [-0.1, -0.05) is 6.92 Å². The van der Waals surface area contributed by atoms with Crippen molar-refractivity contribution < 1.29 is 59.9 Å². The Morgan fingerprint density at radius 3 is 2.00 bits per heavy atom. The lowest BCUT2D eigenvalue weighted by Gasteiger charge is -2.43. The Labute approximate surface area is 259 Å². The first-order chi connectivity index (χ1) is 20.9. The minimum atomic E-state index is -1.23. The van der Waals surface area contributed by atoms with E-state index >= 15 is 0 Å². The second kappa shape index (κ2) is 11.0. The molecule has 0 bridgehead atoms. The quantitative estimate of drug-likeness (QED) is 0.143. The third-order valence-electron chi connectivity index (χ3n) is 8.74. The number of hydrogen-bond acceptors (Lipinski definition) is 12. The number of phenolic OH excluding ortho intramolecular Hbond substituents is 7. The molecule has 12 heteroatoms. The van der Waals surface area contributed by atoms with E-state index in [9.17, 15) is 45.6 Å². The molecule has 2 heterocycles. The molecule has 2 aliphatic rings. The molecular formula is C33H38O12. The molecule has 0 aromatic heterocycles. The lowest BCUT2D eigenvalue weighted by Crippen LogP contribution is -2.40. The highest BCUT2D eigenvalue weighted by Gasteiger charge is 2.44. The second-order valence-electron chi connectivity index (χ2n) is 13.0. The van der Waals surface area contributed by atoms with E-state index in [-0.39, 0.29) is 46.4 Å². The fourth-order valence-electron chi connectivity index (χ4n) is 6.41. The Morgan fingerprint density at radius 2 is 1.44 bits per heavy atom. The van der Waals surface area contributed by atoms with Gasteiger partial charge in [0.05, 0.1) is 11.2 Å². The average molecular weight is 627 g/mol. The fraction of sp³-hybridized carbons (Fsp3) is 0.424. The summed E-state index contributed by atoms with van der Waals surface area (Å²) in [6, 6.07) is 5.55. The summed E-state index contributed by atoms with van der Waals surface area (Å²) in [5.74, 6) is -5.71.